The molecule has 3 unspecified atom stereocenters. The van der Waals surface area contributed by atoms with Crippen molar-refractivity contribution in [1.29, 1.82) is 10.5 Å². The lowest BCUT2D eigenvalue weighted by atomic mass is 9.88. The first-order chi connectivity index (χ1) is 14.9. The van der Waals surface area contributed by atoms with Crippen LogP contribution >= 0.6 is 0 Å². The van der Waals surface area contributed by atoms with E-state index in [2.05, 4.69) is 5.32 Å². The van der Waals surface area contributed by atoms with Gasteiger partial charge in [0, 0.05) is 12.0 Å². The van der Waals surface area contributed by atoms with Crippen molar-refractivity contribution in [1.82, 2.24) is 5.32 Å². The lowest BCUT2D eigenvalue weighted by Gasteiger charge is -2.23. The highest BCUT2D eigenvalue weighted by atomic mass is 19.4. The highest BCUT2D eigenvalue weighted by Crippen LogP contribution is 2.42. The predicted molar refractivity (Wildman–Crippen MR) is 96.9 cm³/mol. The lowest BCUT2D eigenvalue weighted by Crippen LogP contribution is -2.44. The number of nitrogens with one attached hydrogen (secondary N) is 1. The van der Waals surface area contributed by atoms with Crippen LogP contribution in [-0.4, -0.2) is 24.9 Å². The monoisotopic (exact) mass is 457 g/mol. The molecular formula is C21H14F7N3O. The van der Waals surface area contributed by atoms with Crippen LogP contribution in [0.15, 0.2) is 36.4 Å². The molecular weight excluding hydrogens is 443 g/mol. The second-order valence-corrected chi connectivity index (χ2v) is 7.21. The maximum atomic E-state index is 13.9. The van der Waals surface area contributed by atoms with Crippen molar-refractivity contribution in [3.63, 3.8) is 0 Å². The molecule has 0 bridgehead atoms. The zero-order valence-corrected chi connectivity index (χ0v) is 16.1. The van der Waals surface area contributed by atoms with Gasteiger partial charge in [0.2, 0.25) is 0 Å². The van der Waals surface area contributed by atoms with Crippen molar-refractivity contribution in [2.24, 2.45) is 0 Å². The minimum absolute atomic E-state index is 0.0346. The number of ether oxygens (including phenoxy) is 1. The first-order valence-electron chi connectivity index (χ1n) is 9.20. The Kier molecular flexibility index (Phi) is 6.33. The molecule has 2 aromatic carbocycles. The Morgan fingerprint density at radius 3 is 2.28 bits per heavy atom. The molecule has 0 aromatic heterocycles. The topological polar surface area (TPSA) is 68.8 Å². The normalized spacial score (nSPS) is 21.1. The smallest absolute Gasteiger partial charge is 0.417 e. The third kappa shape index (κ3) is 4.94. The van der Waals surface area contributed by atoms with Gasteiger partial charge in [0.15, 0.2) is 11.6 Å². The summed E-state index contributed by atoms with van der Waals surface area (Å²) in [5.41, 5.74) is -2.18. The van der Waals surface area contributed by atoms with Crippen molar-refractivity contribution in [2.45, 2.75) is 36.8 Å². The summed E-state index contributed by atoms with van der Waals surface area (Å²) in [5.74, 6) is -2.51. The standard InChI is InChI=1S/C21H14F7N3O/c22-17-5-11(8-29)1-4-18(17)32-10-14-7-15(19(31-14)21(26,27)28)12-2-3-13(9-30)16(6-12)20(23,24)25/h1-6,14-15,19,31H,7,10H2. The zero-order valence-electron chi connectivity index (χ0n) is 16.1. The average Bonchev–Trinajstić information content (AvgIpc) is 3.16. The van der Waals surface area contributed by atoms with Crippen molar-refractivity contribution in [3.05, 3.63) is 64.5 Å². The van der Waals surface area contributed by atoms with Crippen LogP contribution in [0.1, 0.15) is 34.6 Å². The third-order valence-electron chi connectivity index (χ3n) is 5.11. The van der Waals surface area contributed by atoms with Gasteiger partial charge in [-0.15, -0.1) is 0 Å². The number of nitriles is 2. The van der Waals surface area contributed by atoms with E-state index in [-0.39, 0.29) is 29.9 Å². The number of rotatable bonds is 4. The molecule has 11 heteroatoms. The minimum Gasteiger partial charge on any atom is -0.489 e. The Bertz CT molecular complexity index is 1080. The molecule has 1 aliphatic rings. The SMILES string of the molecule is N#Cc1ccc(OCC2CC(c3ccc(C#N)c(C(F)(F)F)c3)C(C(F)(F)F)N2)c(F)c1. The Morgan fingerprint density at radius 1 is 1.00 bits per heavy atom. The molecule has 168 valence electrons. The van der Waals surface area contributed by atoms with Crippen LogP contribution in [0.25, 0.3) is 0 Å². The van der Waals surface area contributed by atoms with Gasteiger partial charge in [-0.05, 0) is 42.3 Å². The summed E-state index contributed by atoms with van der Waals surface area (Å²) in [6, 6.07) is 5.86. The number of hydrogen-bond donors (Lipinski definition) is 1. The van der Waals surface area contributed by atoms with Crippen LogP contribution in [0, 0.1) is 28.5 Å². The predicted octanol–water partition coefficient (Wildman–Crippen LogP) is 5.04. The molecule has 0 saturated carbocycles. The summed E-state index contributed by atoms with van der Waals surface area (Å²) in [6.45, 7) is -0.381. The lowest BCUT2D eigenvalue weighted by molar-refractivity contribution is -0.156. The summed E-state index contributed by atoms with van der Waals surface area (Å²) in [7, 11) is 0. The zero-order chi connectivity index (χ0) is 23.7. The summed E-state index contributed by atoms with van der Waals surface area (Å²) in [5, 5.41) is 19.9. The van der Waals surface area contributed by atoms with Crippen molar-refractivity contribution in [2.75, 3.05) is 6.61 Å². The highest BCUT2D eigenvalue weighted by Gasteiger charge is 2.51. The Balaban J connectivity index is 1.84. The highest BCUT2D eigenvalue weighted by molar-refractivity contribution is 5.44. The molecule has 1 heterocycles. The van der Waals surface area contributed by atoms with E-state index < -0.39 is 47.3 Å². The number of halogens is 7. The van der Waals surface area contributed by atoms with E-state index in [0.717, 1.165) is 24.3 Å². The molecule has 32 heavy (non-hydrogen) atoms. The summed E-state index contributed by atoms with van der Waals surface area (Å²) < 4.78 is 99.7. The Morgan fingerprint density at radius 2 is 1.72 bits per heavy atom. The third-order valence-corrected chi connectivity index (χ3v) is 5.11. The van der Waals surface area contributed by atoms with E-state index in [1.165, 1.54) is 12.1 Å². The fourth-order valence-corrected chi connectivity index (χ4v) is 3.65. The fourth-order valence-electron chi connectivity index (χ4n) is 3.65. The molecule has 1 aliphatic heterocycles. The molecule has 2 aromatic rings. The fraction of sp³-hybridized carbons (Fsp3) is 0.333. The second-order valence-electron chi connectivity index (χ2n) is 7.21. The van der Waals surface area contributed by atoms with Crippen LogP contribution in [0.5, 0.6) is 5.75 Å². The molecule has 0 spiro atoms. The van der Waals surface area contributed by atoms with Gasteiger partial charge in [-0.25, -0.2) is 4.39 Å². The van der Waals surface area contributed by atoms with Crippen molar-refractivity contribution < 1.29 is 35.5 Å². The van der Waals surface area contributed by atoms with Crippen LogP contribution in [-0.2, 0) is 6.18 Å². The second kappa shape index (κ2) is 8.67. The number of alkyl halides is 6. The molecule has 4 nitrogen and oxygen atoms in total. The summed E-state index contributed by atoms with van der Waals surface area (Å²) >= 11 is 0. The van der Waals surface area contributed by atoms with Crippen molar-refractivity contribution >= 4 is 0 Å². The van der Waals surface area contributed by atoms with Crippen LogP contribution in [0.2, 0.25) is 0 Å². The van der Waals surface area contributed by atoms with Gasteiger partial charge in [0.25, 0.3) is 0 Å². The van der Waals surface area contributed by atoms with Gasteiger partial charge in [-0.3, -0.25) is 5.32 Å². The first-order valence-corrected chi connectivity index (χ1v) is 9.20. The van der Waals surface area contributed by atoms with Crippen molar-refractivity contribution in [3.8, 4) is 17.9 Å². The van der Waals surface area contributed by atoms with Gasteiger partial charge < -0.3 is 4.74 Å². The number of nitrogens with zero attached hydrogens (tertiary/aromatic N) is 2. The summed E-state index contributed by atoms with van der Waals surface area (Å²) in [6.07, 6.45) is -9.91. The van der Waals surface area contributed by atoms with Gasteiger partial charge in [-0.1, -0.05) is 6.07 Å². The molecule has 1 fully saturated rings. The number of hydrogen-bond acceptors (Lipinski definition) is 4. The number of benzene rings is 2. The van der Waals surface area contributed by atoms with E-state index in [0.29, 0.717) is 6.07 Å². The maximum Gasteiger partial charge on any atom is 0.417 e. The molecule has 3 rings (SSSR count). The van der Waals surface area contributed by atoms with E-state index in [1.807, 2.05) is 0 Å². The molecule has 0 aliphatic carbocycles. The van der Waals surface area contributed by atoms with Crippen LogP contribution < -0.4 is 10.1 Å². The van der Waals surface area contributed by atoms with Gasteiger partial charge in [0.1, 0.15) is 12.6 Å². The summed E-state index contributed by atoms with van der Waals surface area (Å²) in [4.78, 5) is 0. The molecule has 3 atom stereocenters. The molecule has 0 radical (unpaired) electrons. The van der Waals surface area contributed by atoms with Gasteiger partial charge >= 0.3 is 12.4 Å². The minimum atomic E-state index is -4.91. The average molecular weight is 457 g/mol. The largest absolute Gasteiger partial charge is 0.489 e. The quantitative estimate of drug-likeness (QED) is 0.653. The molecule has 1 saturated heterocycles. The van der Waals surface area contributed by atoms with E-state index in [4.69, 9.17) is 15.3 Å². The Hall–Kier alpha value is -3.31. The van der Waals surface area contributed by atoms with E-state index >= 15 is 0 Å². The van der Waals surface area contributed by atoms with Gasteiger partial charge in [-0.2, -0.15) is 36.9 Å². The first kappa shape index (κ1) is 23.4. The van der Waals surface area contributed by atoms with Crippen LogP contribution in [0.4, 0.5) is 30.7 Å². The van der Waals surface area contributed by atoms with E-state index in [1.54, 1.807) is 6.07 Å². The van der Waals surface area contributed by atoms with Crippen LogP contribution in [0.3, 0.4) is 0 Å². The molecule has 0 amide bonds. The van der Waals surface area contributed by atoms with E-state index in [9.17, 15) is 30.7 Å². The maximum absolute atomic E-state index is 13.9. The molecule has 1 N–H and O–H groups in total. The Labute approximate surface area is 177 Å². The van der Waals surface area contributed by atoms with Gasteiger partial charge in [0.05, 0.1) is 28.8 Å².